The van der Waals surface area contributed by atoms with E-state index in [0.717, 1.165) is 42.6 Å². The van der Waals surface area contributed by atoms with Crippen LogP contribution in [0.3, 0.4) is 0 Å². The molecule has 0 unspecified atom stereocenters. The second kappa shape index (κ2) is 8.37. The van der Waals surface area contributed by atoms with Crippen LogP contribution in [0.2, 0.25) is 0 Å². The normalized spacial score (nSPS) is 16.8. The van der Waals surface area contributed by atoms with Crippen molar-refractivity contribution in [2.24, 2.45) is 0 Å². The Morgan fingerprint density at radius 3 is 2.46 bits per heavy atom. The van der Waals surface area contributed by atoms with Gasteiger partial charge < -0.3 is 15.2 Å². The second-order valence-electron chi connectivity index (χ2n) is 7.11. The van der Waals surface area contributed by atoms with Gasteiger partial charge in [-0.3, -0.25) is 4.79 Å². The molecule has 0 heterocycles. The summed E-state index contributed by atoms with van der Waals surface area (Å²) in [5.74, 6) is 0.559. The van der Waals surface area contributed by atoms with Gasteiger partial charge in [0, 0.05) is 23.9 Å². The molecule has 1 fully saturated rings. The monoisotopic (exact) mass is 353 g/mol. The Kier molecular flexibility index (Phi) is 5.94. The number of carbonyl (C=O) groups is 1. The molecule has 26 heavy (non-hydrogen) atoms. The summed E-state index contributed by atoms with van der Waals surface area (Å²) in [7, 11) is 1.68. The minimum Gasteiger partial charge on any atom is -0.496 e. The number of nitrogens with one attached hydrogen (secondary N) is 1. The van der Waals surface area contributed by atoms with Crippen LogP contribution in [-0.2, 0) is 16.6 Å². The Bertz CT molecular complexity index is 723. The first kappa shape index (κ1) is 18.5. The molecule has 2 aromatic carbocycles. The Morgan fingerprint density at radius 1 is 1.12 bits per heavy atom. The maximum absolute atomic E-state index is 12.4. The fourth-order valence-electron chi connectivity index (χ4n) is 3.98. The molecule has 1 saturated carbocycles. The number of methoxy groups -OCH3 is 1. The van der Waals surface area contributed by atoms with E-state index in [1.54, 1.807) is 7.11 Å². The molecule has 0 aromatic heterocycles. The molecular weight excluding hydrogens is 326 g/mol. The van der Waals surface area contributed by atoms with Crippen molar-refractivity contribution in [3.63, 3.8) is 0 Å². The first-order valence-electron chi connectivity index (χ1n) is 9.28. The van der Waals surface area contributed by atoms with Crippen molar-refractivity contribution in [3.8, 4) is 5.75 Å². The molecule has 1 atom stereocenters. The van der Waals surface area contributed by atoms with Crippen molar-refractivity contribution >= 4 is 5.91 Å². The van der Waals surface area contributed by atoms with Crippen LogP contribution in [0.25, 0.3) is 0 Å². The summed E-state index contributed by atoms with van der Waals surface area (Å²) in [6, 6.07) is 17.6. The second-order valence-corrected chi connectivity index (χ2v) is 7.11. The number of hydrogen-bond acceptors (Lipinski definition) is 3. The summed E-state index contributed by atoms with van der Waals surface area (Å²) >= 11 is 0. The lowest BCUT2D eigenvalue weighted by Gasteiger charge is -2.31. The molecule has 0 radical (unpaired) electrons. The van der Waals surface area contributed by atoms with Gasteiger partial charge in [0.15, 0.2) is 0 Å². The third-order valence-electron chi connectivity index (χ3n) is 5.41. The molecule has 138 valence electrons. The number of rotatable bonds is 7. The minimum absolute atomic E-state index is 0.116. The lowest BCUT2D eigenvalue weighted by molar-refractivity contribution is -0.129. The fourth-order valence-corrected chi connectivity index (χ4v) is 3.98. The van der Waals surface area contributed by atoms with Crippen molar-refractivity contribution in [1.82, 2.24) is 5.32 Å². The summed E-state index contributed by atoms with van der Waals surface area (Å²) in [6.45, 7) is 0.526. The van der Waals surface area contributed by atoms with Crippen LogP contribution in [-0.4, -0.2) is 30.8 Å². The van der Waals surface area contributed by atoms with E-state index in [1.165, 1.54) is 0 Å². The topological polar surface area (TPSA) is 58.6 Å². The average Bonchev–Trinajstić information content (AvgIpc) is 3.17. The van der Waals surface area contributed by atoms with Gasteiger partial charge in [-0.1, -0.05) is 61.4 Å². The summed E-state index contributed by atoms with van der Waals surface area (Å²) < 4.78 is 5.55. The molecule has 0 spiro atoms. The number of carbonyl (C=O) groups excluding carboxylic acids is 1. The predicted molar refractivity (Wildman–Crippen MR) is 102 cm³/mol. The van der Waals surface area contributed by atoms with E-state index in [1.807, 2.05) is 48.5 Å². The first-order valence-corrected chi connectivity index (χ1v) is 9.28. The van der Waals surface area contributed by atoms with Crippen molar-refractivity contribution in [1.29, 1.82) is 0 Å². The van der Waals surface area contributed by atoms with Crippen LogP contribution in [0.4, 0.5) is 0 Å². The standard InChI is InChI=1S/C22H27NO3/c1-26-20-12-6-5-11-18(20)22(13-7-8-14-22)16-23-21(25)19(24)15-17-9-3-2-4-10-17/h2-6,9-12,19,24H,7-8,13-16H2,1H3,(H,23,25)/t19-/m0/s1. The zero-order chi connectivity index (χ0) is 18.4. The van der Waals surface area contributed by atoms with Gasteiger partial charge in [-0.2, -0.15) is 0 Å². The van der Waals surface area contributed by atoms with Crippen molar-refractivity contribution in [3.05, 3.63) is 65.7 Å². The maximum Gasteiger partial charge on any atom is 0.249 e. The van der Waals surface area contributed by atoms with Crippen LogP contribution >= 0.6 is 0 Å². The van der Waals surface area contributed by atoms with E-state index in [0.29, 0.717) is 13.0 Å². The van der Waals surface area contributed by atoms with E-state index < -0.39 is 6.10 Å². The largest absolute Gasteiger partial charge is 0.496 e. The Hall–Kier alpha value is -2.33. The molecule has 2 N–H and O–H groups in total. The Labute approximate surface area is 155 Å². The third kappa shape index (κ3) is 4.07. The van der Waals surface area contributed by atoms with Gasteiger partial charge in [0.1, 0.15) is 11.9 Å². The summed E-state index contributed by atoms with van der Waals surface area (Å²) in [5.41, 5.74) is 1.99. The van der Waals surface area contributed by atoms with E-state index in [4.69, 9.17) is 4.74 Å². The maximum atomic E-state index is 12.4. The Morgan fingerprint density at radius 2 is 1.77 bits per heavy atom. The molecule has 1 amide bonds. The minimum atomic E-state index is -1.03. The van der Waals surface area contributed by atoms with E-state index in [9.17, 15) is 9.90 Å². The zero-order valence-corrected chi connectivity index (χ0v) is 15.3. The van der Waals surface area contributed by atoms with Gasteiger partial charge in [0.05, 0.1) is 7.11 Å². The molecule has 3 rings (SSSR count). The highest BCUT2D eigenvalue weighted by atomic mass is 16.5. The quantitative estimate of drug-likeness (QED) is 0.803. The van der Waals surface area contributed by atoms with Crippen molar-refractivity contribution in [2.45, 2.75) is 43.6 Å². The van der Waals surface area contributed by atoms with Gasteiger partial charge in [0.2, 0.25) is 5.91 Å². The van der Waals surface area contributed by atoms with Crippen LogP contribution in [0, 0.1) is 0 Å². The number of ether oxygens (including phenoxy) is 1. The van der Waals surface area contributed by atoms with E-state index in [2.05, 4.69) is 11.4 Å². The van der Waals surface area contributed by atoms with Crippen molar-refractivity contribution in [2.75, 3.05) is 13.7 Å². The molecular formula is C22H27NO3. The van der Waals surface area contributed by atoms with Crippen LogP contribution in [0.1, 0.15) is 36.8 Å². The van der Waals surface area contributed by atoms with E-state index in [-0.39, 0.29) is 11.3 Å². The highest BCUT2D eigenvalue weighted by molar-refractivity contribution is 5.81. The van der Waals surface area contributed by atoms with E-state index >= 15 is 0 Å². The first-order chi connectivity index (χ1) is 12.6. The molecule has 4 heteroatoms. The molecule has 1 aliphatic carbocycles. The lowest BCUT2D eigenvalue weighted by atomic mass is 9.78. The van der Waals surface area contributed by atoms with Crippen LogP contribution in [0.5, 0.6) is 5.75 Å². The highest BCUT2D eigenvalue weighted by Gasteiger charge is 2.38. The number of benzene rings is 2. The smallest absolute Gasteiger partial charge is 0.249 e. The molecule has 4 nitrogen and oxygen atoms in total. The highest BCUT2D eigenvalue weighted by Crippen LogP contribution is 2.44. The van der Waals surface area contributed by atoms with Gasteiger partial charge >= 0.3 is 0 Å². The molecule has 0 bridgehead atoms. The van der Waals surface area contributed by atoms with Gasteiger partial charge in [-0.15, -0.1) is 0 Å². The Balaban J connectivity index is 1.68. The third-order valence-corrected chi connectivity index (χ3v) is 5.41. The number of hydrogen-bond donors (Lipinski definition) is 2. The summed E-state index contributed by atoms with van der Waals surface area (Å²) in [4.78, 5) is 12.4. The molecule has 2 aromatic rings. The molecule has 0 saturated heterocycles. The lowest BCUT2D eigenvalue weighted by Crippen LogP contribution is -2.44. The number of para-hydroxylation sites is 1. The number of aliphatic hydroxyl groups excluding tert-OH is 1. The molecule has 0 aliphatic heterocycles. The average molecular weight is 353 g/mol. The number of aliphatic hydroxyl groups is 1. The predicted octanol–water partition coefficient (Wildman–Crippen LogP) is 3.23. The van der Waals surface area contributed by atoms with Crippen molar-refractivity contribution < 1.29 is 14.6 Å². The van der Waals surface area contributed by atoms with Gasteiger partial charge in [-0.05, 0) is 24.5 Å². The summed E-state index contributed by atoms with van der Waals surface area (Å²) in [6.07, 6.45) is 3.61. The fraction of sp³-hybridized carbons (Fsp3) is 0.409. The molecule has 1 aliphatic rings. The van der Waals surface area contributed by atoms with Gasteiger partial charge in [-0.25, -0.2) is 0 Å². The van der Waals surface area contributed by atoms with Gasteiger partial charge in [0.25, 0.3) is 0 Å². The SMILES string of the molecule is COc1ccccc1C1(CNC(=O)[C@@H](O)Cc2ccccc2)CCCC1. The van der Waals surface area contributed by atoms with Crippen LogP contribution < -0.4 is 10.1 Å². The zero-order valence-electron chi connectivity index (χ0n) is 15.3. The van der Waals surface area contributed by atoms with Crippen LogP contribution in [0.15, 0.2) is 54.6 Å². The summed E-state index contributed by atoms with van der Waals surface area (Å²) in [5, 5.41) is 13.3. The number of amides is 1.